The predicted molar refractivity (Wildman–Crippen MR) is 65.3 cm³/mol. The molecular formula is C14H18O3. The van der Waals surface area contributed by atoms with Crippen LogP contribution in [0.5, 0.6) is 0 Å². The zero-order valence-corrected chi connectivity index (χ0v) is 10.5. The van der Waals surface area contributed by atoms with Gasteiger partial charge in [0, 0.05) is 6.42 Å². The van der Waals surface area contributed by atoms with Crippen molar-refractivity contribution >= 4 is 5.97 Å². The van der Waals surface area contributed by atoms with Crippen molar-refractivity contribution in [2.75, 3.05) is 0 Å². The van der Waals surface area contributed by atoms with E-state index in [-0.39, 0.29) is 18.2 Å². The summed E-state index contributed by atoms with van der Waals surface area (Å²) < 4.78 is 11.2. The normalized spacial score (nSPS) is 29.4. The van der Waals surface area contributed by atoms with Gasteiger partial charge in [0.05, 0.1) is 6.10 Å². The van der Waals surface area contributed by atoms with E-state index in [0.717, 1.165) is 12.8 Å². The lowest BCUT2D eigenvalue weighted by Gasteiger charge is -2.25. The second kappa shape index (κ2) is 4.78. The van der Waals surface area contributed by atoms with Crippen molar-refractivity contribution in [2.24, 2.45) is 0 Å². The minimum atomic E-state index is -0.290. The van der Waals surface area contributed by atoms with E-state index >= 15 is 0 Å². The second-order valence-corrected chi connectivity index (χ2v) is 4.75. The van der Waals surface area contributed by atoms with Gasteiger partial charge in [-0.2, -0.15) is 0 Å². The van der Waals surface area contributed by atoms with Crippen LogP contribution < -0.4 is 0 Å². The Morgan fingerprint density at radius 3 is 2.65 bits per heavy atom. The van der Waals surface area contributed by atoms with E-state index in [9.17, 15) is 4.79 Å². The third-order valence-electron chi connectivity index (χ3n) is 2.93. The molecule has 3 heteroatoms. The SMILES string of the molecule is CC1=CC=C2C(=O)O[C@H](C)C[C@H](C)OC2=CC1. The van der Waals surface area contributed by atoms with Crippen LogP contribution in [0.25, 0.3) is 0 Å². The molecule has 1 fully saturated rings. The van der Waals surface area contributed by atoms with Crippen LogP contribution in [-0.2, 0) is 14.3 Å². The molecule has 1 heterocycles. The zero-order valence-electron chi connectivity index (χ0n) is 10.5. The lowest BCUT2D eigenvalue weighted by atomic mass is 10.1. The molecule has 0 aromatic rings. The first-order valence-electron chi connectivity index (χ1n) is 6.02. The van der Waals surface area contributed by atoms with Crippen LogP contribution in [-0.4, -0.2) is 18.2 Å². The molecule has 2 atom stereocenters. The number of carbonyl (C=O) groups excluding carboxylic acids is 1. The molecule has 0 aromatic heterocycles. The maximum absolute atomic E-state index is 11.9. The van der Waals surface area contributed by atoms with Crippen molar-refractivity contribution in [3.05, 3.63) is 35.1 Å². The minimum absolute atomic E-state index is 0.0613. The number of carbonyl (C=O) groups is 1. The number of allylic oxidation sites excluding steroid dienone is 4. The summed E-state index contributed by atoms with van der Waals surface area (Å²) in [5.74, 6) is 0.365. The minimum Gasteiger partial charge on any atom is -0.490 e. The second-order valence-electron chi connectivity index (χ2n) is 4.75. The van der Waals surface area contributed by atoms with Crippen LogP contribution in [0.4, 0.5) is 0 Å². The fraction of sp³-hybridized carbons (Fsp3) is 0.500. The molecule has 0 unspecified atom stereocenters. The number of rotatable bonds is 0. The van der Waals surface area contributed by atoms with Gasteiger partial charge in [-0.1, -0.05) is 11.6 Å². The number of hydrogen-bond acceptors (Lipinski definition) is 3. The molecule has 3 nitrogen and oxygen atoms in total. The standard InChI is InChI=1S/C14H18O3/c1-9-4-6-12-13(7-5-9)16-10(2)8-11(3)17-14(12)15/h4,6-7,10-11H,5,8H2,1-3H3/t10-,11+/m0/s1. The molecule has 1 aliphatic carbocycles. The van der Waals surface area contributed by atoms with E-state index in [1.165, 1.54) is 5.57 Å². The highest BCUT2D eigenvalue weighted by molar-refractivity contribution is 5.93. The van der Waals surface area contributed by atoms with Crippen LogP contribution in [0, 0.1) is 0 Å². The maximum Gasteiger partial charge on any atom is 0.342 e. The number of hydrogen-bond donors (Lipinski definition) is 0. The van der Waals surface area contributed by atoms with E-state index in [1.54, 1.807) is 6.08 Å². The Labute approximate surface area is 102 Å². The summed E-state index contributed by atoms with van der Waals surface area (Å²) in [6.07, 6.45) is 7.19. The van der Waals surface area contributed by atoms with Crippen LogP contribution >= 0.6 is 0 Å². The molecular weight excluding hydrogens is 216 g/mol. The summed E-state index contributed by atoms with van der Waals surface area (Å²) in [5, 5.41) is 0. The van der Waals surface area contributed by atoms with Crippen molar-refractivity contribution in [3.63, 3.8) is 0 Å². The lowest BCUT2D eigenvalue weighted by molar-refractivity contribution is -0.146. The summed E-state index contributed by atoms with van der Waals surface area (Å²) in [6.45, 7) is 5.93. The number of esters is 1. The summed E-state index contributed by atoms with van der Waals surface area (Å²) in [7, 11) is 0. The van der Waals surface area contributed by atoms with Gasteiger partial charge in [-0.15, -0.1) is 0 Å². The molecule has 17 heavy (non-hydrogen) atoms. The van der Waals surface area contributed by atoms with Crippen LogP contribution in [0.3, 0.4) is 0 Å². The molecule has 0 spiro atoms. The summed E-state index contributed by atoms with van der Waals surface area (Å²) in [5.41, 5.74) is 1.73. The highest BCUT2D eigenvalue weighted by Crippen LogP contribution is 2.26. The quantitative estimate of drug-likeness (QED) is 0.604. The Bertz CT molecular complexity index is 415. The van der Waals surface area contributed by atoms with Gasteiger partial charge in [0.2, 0.25) is 0 Å². The Hall–Kier alpha value is -1.51. The molecule has 0 radical (unpaired) electrons. The molecule has 0 amide bonds. The summed E-state index contributed by atoms with van der Waals surface area (Å²) in [6, 6.07) is 0. The molecule has 1 saturated heterocycles. The smallest absolute Gasteiger partial charge is 0.342 e. The summed E-state index contributed by atoms with van der Waals surface area (Å²) >= 11 is 0. The topological polar surface area (TPSA) is 35.5 Å². The van der Waals surface area contributed by atoms with Crippen molar-refractivity contribution in [1.82, 2.24) is 0 Å². The van der Waals surface area contributed by atoms with Gasteiger partial charge in [0.25, 0.3) is 0 Å². The van der Waals surface area contributed by atoms with E-state index in [1.807, 2.05) is 32.9 Å². The number of cyclic esters (lactones) is 1. The zero-order chi connectivity index (χ0) is 12.4. The molecule has 1 aliphatic heterocycles. The van der Waals surface area contributed by atoms with Crippen molar-refractivity contribution in [1.29, 1.82) is 0 Å². The third-order valence-corrected chi connectivity index (χ3v) is 2.93. The fourth-order valence-corrected chi connectivity index (χ4v) is 2.05. The van der Waals surface area contributed by atoms with E-state index in [2.05, 4.69) is 0 Å². The van der Waals surface area contributed by atoms with Gasteiger partial charge < -0.3 is 9.47 Å². The van der Waals surface area contributed by atoms with Crippen LogP contribution in [0.1, 0.15) is 33.6 Å². The van der Waals surface area contributed by atoms with Crippen molar-refractivity contribution < 1.29 is 14.3 Å². The Morgan fingerprint density at radius 1 is 1.18 bits per heavy atom. The first-order chi connectivity index (χ1) is 8.06. The summed E-state index contributed by atoms with van der Waals surface area (Å²) in [4.78, 5) is 11.9. The van der Waals surface area contributed by atoms with Gasteiger partial charge in [-0.05, 0) is 39.3 Å². The third kappa shape index (κ3) is 2.78. The van der Waals surface area contributed by atoms with E-state index in [4.69, 9.17) is 9.47 Å². The molecule has 0 aromatic carbocycles. The van der Waals surface area contributed by atoms with Gasteiger partial charge in [-0.25, -0.2) is 4.79 Å². The number of ether oxygens (including phenoxy) is 2. The Balaban J connectivity index is 2.34. The highest BCUT2D eigenvalue weighted by Gasteiger charge is 2.26. The van der Waals surface area contributed by atoms with E-state index in [0.29, 0.717) is 11.3 Å². The first kappa shape index (κ1) is 12.0. The van der Waals surface area contributed by atoms with Crippen molar-refractivity contribution in [2.45, 2.75) is 45.8 Å². The van der Waals surface area contributed by atoms with Crippen molar-refractivity contribution in [3.8, 4) is 0 Å². The van der Waals surface area contributed by atoms with E-state index < -0.39 is 0 Å². The Kier molecular flexibility index (Phi) is 3.36. The molecule has 0 N–H and O–H groups in total. The van der Waals surface area contributed by atoms with Crippen LogP contribution in [0.2, 0.25) is 0 Å². The maximum atomic E-state index is 11.9. The fourth-order valence-electron chi connectivity index (χ4n) is 2.05. The molecule has 0 bridgehead atoms. The predicted octanol–water partition coefficient (Wildman–Crippen LogP) is 2.89. The van der Waals surface area contributed by atoms with Gasteiger partial charge in [0.1, 0.15) is 17.4 Å². The number of fused-ring (bicyclic) bond motifs is 1. The molecule has 92 valence electrons. The van der Waals surface area contributed by atoms with Gasteiger partial charge in [0.15, 0.2) is 0 Å². The molecule has 2 rings (SSSR count). The average molecular weight is 234 g/mol. The molecule has 0 saturated carbocycles. The molecule has 2 aliphatic rings. The average Bonchev–Trinajstić information content (AvgIpc) is 2.39. The largest absolute Gasteiger partial charge is 0.490 e. The van der Waals surface area contributed by atoms with Gasteiger partial charge >= 0.3 is 5.97 Å². The first-order valence-corrected chi connectivity index (χ1v) is 6.02. The lowest BCUT2D eigenvalue weighted by Crippen LogP contribution is -2.27. The van der Waals surface area contributed by atoms with Crippen LogP contribution in [0.15, 0.2) is 35.1 Å². The monoisotopic (exact) mass is 234 g/mol. The Morgan fingerprint density at radius 2 is 1.88 bits per heavy atom. The van der Waals surface area contributed by atoms with Gasteiger partial charge in [-0.3, -0.25) is 0 Å². The highest BCUT2D eigenvalue weighted by atomic mass is 16.6.